The highest BCUT2D eigenvalue weighted by molar-refractivity contribution is 9.10. The third kappa shape index (κ3) is 2.37. The quantitative estimate of drug-likeness (QED) is 0.670. The van der Waals surface area contributed by atoms with Gasteiger partial charge in [0.2, 0.25) is 0 Å². The molecule has 0 atom stereocenters. The molecule has 0 amide bonds. The van der Waals surface area contributed by atoms with E-state index in [1.54, 1.807) is 0 Å². The average molecular weight is 225 g/mol. The van der Waals surface area contributed by atoms with Crippen LogP contribution in [0.5, 0.6) is 0 Å². The van der Waals surface area contributed by atoms with Crippen LogP contribution in [-0.2, 0) is 0 Å². The molecule has 1 N–H and O–H groups in total. The van der Waals surface area contributed by atoms with Gasteiger partial charge in [0.25, 0.3) is 0 Å². The molecular formula is C10H9BrO. The fourth-order valence-electron chi connectivity index (χ4n) is 0.856. The summed E-state index contributed by atoms with van der Waals surface area (Å²) in [6.45, 7) is 1.92. The lowest BCUT2D eigenvalue weighted by atomic mass is 10.1. The number of rotatable bonds is 0. The molecule has 1 aromatic rings. The van der Waals surface area contributed by atoms with Gasteiger partial charge in [-0.3, -0.25) is 0 Å². The van der Waals surface area contributed by atoms with Gasteiger partial charge < -0.3 is 5.11 Å². The minimum absolute atomic E-state index is 0.0969. The Kier molecular flexibility index (Phi) is 3.33. The highest BCUT2D eigenvalue weighted by Crippen LogP contribution is 2.16. The molecule has 0 fully saturated rings. The smallest absolute Gasteiger partial charge is 0.104 e. The van der Waals surface area contributed by atoms with Gasteiger partial charge in [-0.15, -0.1) is 0 Å². The minimum atomic E-state index is -0.0969. The fourth-order valence-corrected chi connectivity index (χ4v) is 1.45. The number of hydrogen-bond donors (Lipinski definition) is 1. The van der Waals surface area contributed by atoms with Gasteiger partial charge in [0.15, 0.2) is 0 Å². The molecule has 0 saturated heterocycles. The molecular weight excluding hydrogens is 216 g/mol. The molecule has 0 bridgehead atoms. The van der Waals surface area contributed by atoms with E-state index in [1.165, 1.54) is 5.56 Å². The maximum Gasteiger partial charge on any atom is 0.104 e. The SMILES string of the molecule is Cc1ccc(C#CCO)c(Br)c1. The van der Waals surface area contributed by atoms with E-state index >= 15 is 0 Å². The van der Waals surface area contributed by atoms with E-state index in [2.05, 4.69) is 27.8 Å². The van der Waals surface area contributed by atoms with Crippen molar-refractivity contribution in [1.29, 1.82) is 0 Å². The van der Waals surface area contributed by atoms with E-state index in [0.717, 1.165) is 10.0 Å². The molecule has 0 heterocycles. The maximum absolute atomic E-state index is 8.48. The molecule has 2 heteroatoms. The van der Waals surface area contributed by atoms with Crippen LogP contribution in [-0.4, -0.2) is 11.7 Å². The summed E-state index contributed by atoms with van der Waals surface area (Å²) in [6, 6.07) is 5.93. The molecule has 12 heavy (non-hydrogen) atoms. The highest BCUT2D eigenvalue weighted by atomic mass is 79.9. The summed E-state index contributed by atoms with van der Waals surface area (Å²) in [7, 11) is 0. The monoisotopic (exact) mass is 224 g/mol. The van der Waals surface area contributed by atoms with Crippen molar-refractivity contribution in [3.63, 3.8) is 0 Å². The Morgan fingerprint density at radius 2 is 2.25 bits per heavy atom. The second-order valence-corrected chi connectivity index (χ2v) is 3.30. The lowest BCUT2D eigenvalue weighted by Crippen LogP contribution is -1.80. The van der Waals surface area contributed by atoms with Crippen molar-refractivity contribution in [2.45, 2.75) is 6.92 Å². The van der Waals surface area contributed by atoms with Crippen LogP contribution >= 0.6 is 15.9 Å². The Bertz CT molecular complexity index is 333. The predicted octanol–water partition coefficient (Wildman–Crippen LogP) is 2.10. The number of halogens is 1. The number of hydrogen-bond acceptors (Lipinski definition) is 1. The lowest BCUT2D eigenvalue weighted by Gasteiger charge is -1.96. The van der Waals surface area contributed by atoms with Gasteiger partial charge >= 0.3 is 0 Å². The fraction of sp³-hybridized carbons (Fsp3) is 0.200. The first kappa shape index (κ1) is 9.31. The van der Waals surface area contributed by atoms with Gasteiger partial charge in [-0.2, -0.15) is 0 Å². The highest BCUT2D eigenvalue weighted by Gasteiger charge is 1.94. The van der Waals surface area contributed by atoms with Crippen molar-refractivity contribution in [2.24, 2.45) is 0 Å². The van der Waals surface area contributed by atoms with E-state index in [-0.39, 0.29) is 6.61 Å². The summed E-state index contributed by atoms with van der Waals surface area (Å²) in [6.07, 6.45) is 0. The normalized spacial score (nSPS) is 8.92. The van der Waals surface area contributed by atoms with Gasteiger partial charge in [0, 0.05) is 10.0 Å². The van der Waals surface area contributed by atoms with Gasteiger partial charge in [-0.05, 0) is 40.5 Å². The zero-order valence-corrected chi connectivity index (χ0v) is 8.35. The molecule has 0 saturated carbocycles. The largest absolute Gasteiger partial charge is 0.384 e. The standard InChI is InChI=1S/C10H9BrO/c1-8-4-5-9(3-2-6-12)10(11)7-8/h4-5,7,12H,6H2,1H3. The number of aryl methyl sites for hydroxylation is 1. The first-order chi connectivity index (χ1) is 5.74. The topological polar surface area (TPSA) is 20.2 Å². The molecule has 0 radical (unpaired) electrons. The Morgan fingerprint density at radius 3 is 2.83 bits per heavy atom. The van der Waals surface area contributed by atoms with E-state index in [1.807, 2.05) is 25.1 Å². The summed E-state index contributed by atoms with van der Waals surface area (Å²) >= 11 is 3.39. The van der Waals surface area contributed by atoms with E-state index in [4.69, 9.17) is 5.11 Å². The summed E-state index contributed by atoms with van der Waals surface area (Å²) in [5.74, 6) is 5.44. The molecule has 1 nitrogen and oxygen atoms in total. The minimum Gasteiger partial charge on any atom is -0.384 e. The van der Waals surface area contributed by atoms with Crippen LogP contribution in [0.3, 0.4) is 0 Å². The first-order valence-corrected chi connectivity index (χ1v) is 4.39. The number of aliphatic hydroxyl groups is 1. The maximum atomic E-state index is 8.48. The summed E-state index contributed by atoms with van der Waals surface area (Å²) in [5.41, 5.74) is 2.10. The van der Waals surface area contributed by atoms with Gasteiger partial charge in [0.05, 0.1) is 0 Å². The Morgan fingerprint density at radius 1 is 1.50 bits per heavy atom. The molecule has 0 unspecified atom stereocenters. The Balaban J connectivity index is 3.01. The van der Waals surface area contributed by atoms with Crippen molar-refractivity contribution in [2.75, 3.05) is 6.61 Å². The van der Waals surface area contributed by atoms with Gasteiger partial charge in [0.1, 0.15) is 6.61 Å². The summed E-state index contributed by atoms with van der Waals surface area (Å²) in [5, 5.41) is 8.48. The Labute approximate surface area is 80.6 Å². The third-order valence-corrected chi connectivity index (χ3v) is 2.08. The van der Waals surface area contributed by atoms with Crippen molar-refractivity contribution < 1.29 is 5.11 Å². The summed E-state index contributed by atoms with van der Waals surface area (Å²) < 4.78 is 0.975. The second-order valence-electron chi connectivity index (χ2n) is 2.44. The predicted molar refractivity (Wildman–Crippen MR) is 52.8 cm³/mol. The van der Waals surface area contributed by atoms with E-state index < -0.39 is 0 Å². The molecule has 62 valence electrons. The molecule has 0 aliphatic rings. The molecule has 1 aromatic carbocycles. The second kappa shape index (κ2) is 4.30. The van der Waals surface area contributed by atoms with Gasteiger partial charge in [-0.1, -0.05) is 17.9 Å². The molecule has 0 aromatic heterocycles. The average Bonchev–Trinajstić information content (AvgIpc) is 2.03. The Hall–Kier alpha value is -0.780. The van der Waals surface area contributed by atoms with Gasteiger partial charge in [-0.25, -0.2) is 0 Å². The number of aliphatic hydroxyl groups excluding tert-OH is 1. The van der Waals surface area contributed by atoms with E-state index in [0.29, 0.717) is 0 Å². The first-order valence-electron chi connectivity index (χ1n) is 3.60. The third-order valence-electron chi connectivity index (χ3n) is 1.43. The molecule has 1 rings (SSSR count). The van der Waals surface area contributed by atoms with Crippen molar-refractivity contribution in [1.82, 2.24) is 0 Å². The molecule has 0 aliphatic heterocycles. The van der Waals surface area contributed by atoms with Crippen LogP contribution in [0.1, 0.15) is 11.1 Å². The van der Waals surface area contributed by atoms with Crippen LogP contribution < -0.4 is 0 Å². The van der Waals surface area contributed by atoms with Crippen LogP contribution in [0.2, 0.25) is 0 Å². The van der Waals surface area contributed by atoms with E-state index in [9.17, 15) is 0 Å². The lowest BCUT2D eigenvalue weighted by molar-refractivity contribution is 0.350. The van der Waals surface area contributed by atoms with Crippen molar-refractivity contribution in [3.8, 4) is 11.8 Å². The van der Waals surface area contributed by atoms with Crippen LogP contribution in [0.4, 0.5) is 0 Å². The number of benzene rings is 1. The summed E-state index contributed by atoms with van der Waals surface area (Å²) in [4.78, 5) is 0. The van der Waals surface area contributed by atoms with Crippen molar-refractivity contribution in [3.05, 3.63) is 33.8 Å². The van der Waals surface area contributed by atoms with Crippen LogP contribution in [0.25, 0.3) is 0 Å². The van der Waals surface area contributed by atoms with Crippen LogP contribution in [0, 0.1) is 18.8 Å². The molecule has 0 aliphatic carbocycles. The van der Waals surface area contributed by atoms with Crippen LogP contribution in [0.15, 0.2) is 22.7 Å². The zero-order valence-electron chi connectivity index (χ0n) is 6.76. The molecule has 0 spiro atoms. The van der Waals surface area contributed by atoms with Crippen molar-refractivity contribution >= 4 is 15.9 Å². The zero-order chi connectivity index (χ0) is 8.97.